The van der Waals surface area contributed by atoms with Crippen LogP contribution in [0, 0.1) is 5.92 Å². The van der Waals surface area contributed by atoms with Crippen molar-refractivity contribution in [2.45, 2.75) is 31.6 Å². The molecule has 0 aliphatic heterocycles. The topological polar surface area (TPSA) is 46.2 Å². The minimum atomic E-state index is -3.14. The molecule has 19 heavy (non-hydrogen) atoms. The normalized spacial score (nSPS) is 18.6. The molecule has 1 aliphatic rings. The molecule has 0 spiro atoms. The molecule has 106 valence electrons. The van der Waals surface area contributed by atoms with Gasteiger partial charge in [-0.2, -0.15) is 0 Å². The molecule has 0 heterocycles. The van der Waals surface area contributed by atoms with Gasteiger partial charge in [-0.1, -0.05) is 36.6 Å². The van der Waals surface area contributed by atoms with Crippen molar-refractivity contribution in [2.24, 2.45) is 5.92 Å². The van der Waals surface area contributed by atoms with Crippen molar-refractivity contribution >= 4 is 21.6 Å². The second-order valence-corrected chi connectivity index (χ2v) is 7.59. The summed E-state index contributed by atoms with van der Waals surface area (Å²) in [5, 5.41) is 0.713. The Morgan fingerprint density at radius 3 is 2.37 bits per heavy atom. The highest BCUT2D eigenvalue weighted by molar-refractivity contribution is 7.88. The summed E-state index contributed by atoms with van der Waals surface area (Å²) >= 11 is 5.91. The predicted molar refractivity (Wildman–Crippen MR) is 79.0 cm³/mol. The van der Waals surface area contributed by atoms with E-state index >= 15 is 0 Å². The molecule has 3 nitrogen and oxygen atoms in total. The fraction of sp³-hybridized carbons (Fsp3) is 0.571. The first-order valence-electron chi connectivity index (χ1n) is 6.66. The molecule has 1 unspecified atom stereocenters. The summed E-state index contributed by atoms with van der Waals surface area (Å²) in [6, 6.07) is 7.77. The van der Waals surface area contributed by atoms with E-state index in [-0.39, 0.29) is 5.92 Å². The molecular weight excluding hydrogens is 282 g/mol. The van der Waals surface area contributed by atoms with Crippen LogP contribution in [-0.4, -0.2) is 21.2 Å². The van der Waals surface area contributed by atoms with Gasteiger partial charge < -0.3 is 0 Å². The highest BCUT2D eigenvalue weighted by Crippen LogP contribution is 2.37. The van der Waals surface area contributed by atoms with Gasteiger partial charge in [-0.3, -0.25) is 0 Å². The third-order valence-electron chi connectivity index (χ3n) is 3.83. The minimum Gasteiger partial charge on any atom is -0.215 e. The van der Waals surface area contributed by atoms with Crippen molar-refractivity contribution in [3.8, 4) is 0 Å². The molecule has 1 aliphatic carbocycles. The largest absolute Gasteiger partial charge is 0.215 e. The van der Waals surface area contributed by atoms with E-state index in [1.165, 1.54) is 37.5 Å². The van der Waals surface area contributed by atoms with Crippen LogP contribution in [0.2, 0.25) is 5.02 Å². The van der Waals surface area contributed by atoms with Crippen LogP contribution in [0.5, 0.6) is 0 Å². The van der Waals surface area contributed by atoms with E-state index in [0.29, 0.717) is 17.5 Å². The Kier molecular flexibility index (Phi) is 4.87. The van der Waals surface area contributed by atoms with Gasteiger partial charge in [0.25, 0.3) is 0 Å². The molecule has 1 aromatic carbocycles. The van der Waals surface area contributed by atoms with Crippen molar-refractivity contribution in [3.63, 3.8) is 0 Å². The van der Waals surface area contributed by atoms with Crippen molar-refractivity contribution in [3.05, 3.63) is 34.9 Å². The molecule has 0 bridgehead atoms. The molecule has 1 N–H and O–H groups in total. The Labute approximate surface area is 120 Å². The summed E-state index contributed by atoms with van der Waals surface area (Å²) in [6.45, 7) is 0.477. The van der Waals surface area contributed by atoms with Crippen molar-refractivity contribution in [1.82, 2.24) is 4.72 Å². The third kappa shape index (κ3) is 4.48. The number of benzene rings is 1. The molecular formula is C14H20ClNO2S. The molecule has 0 radical (unpaired) electrons. The Hall–Kier alpha value is -0.580. The van der Waals surface area contributed by atoms with Crippen LogP contribution in [0.1, 0.15) is 37.2 Å². The van der Waals surface area contributed by atoms with Crippen LogP contribution >= 0.6 is 11.6 Å². The fourth-order valence-corrected chi connectivity index (χ4v) is 3.48. The van der Waals surface area contributed by atoms with Crippen LogP contribution in [0.15, 0.2) is 24.3 Å². The second-order valence-electron chi connectivity index (χ2n) is 5.32. The maximum absolute atomic E-state index is 11.3. The number of rotatable bonds is 5. The summed E-state index contributed by atoms with van der Waals surface area (Å²) in [5.41, 5.74) is 1.17. The number of sulfonamides is 1. The third-order valence-corrected chi connectivity index (χ3v) is 4.78. The quantitative estimate of drug-likeness (QED) is 0.908. The van der Waals surface area contributed by atoms with Crippen LogP contribution in [0.25, 0.3) is 0 Å². The van der Waals surface area contributed by atoms with Gasteiger partial charge >= 0.3 is 0 Å². The first-order chi connectivity index (χ1) is 8.96. The van der Waals surface area contributed by atoms with Gasteiger partial charge in [-0.05, 0) is 36.5 Å². The van der Waals surface area contributed by atoms with E-state index in [2.05, 4.69) is 4.72 Å². The maximum Gasteiger partial charge on any atom is 0.208 e. The number of hydrogen-bond donors (Lipinski definition) is 1. The Bertz CT molecular complexity index is 507. The number of hydrogen-bond acceptors (Lipinski definition) is 2. The van der Waals surface area contributed by atoms with Crippen molar-refractivity contribution in [2.75, 3.05) is 12.8 Å². The lowest BCUT2D eigenvalue weighted by atomic mass is 9.85. The number of halogens is 1. The van der Waals surface area contributed by atoms with E-state index < -0.39 is 10.0 Å². The summed E-state index contributed by atoms with van der Waals surface area (Å²) in [4.78, 5) is 0. The molecule has 1 aromatic rings. The first kappa shape index (κ1) is 14.8. The smallest absolute Gasteiger partial charge is 0.208 e. The molecule has 2 rings (SSSR count). The Morgan fingerprint density at radius 1 is 1.26 bits per heavy atom. The molecule has 0 aromatic heterocycles. The summed E-state index contributed by atoms with van der Waals surface area (Å²) in [5.74, 6) is 0.810. The Balaban J connectivity index is 2.15. The molecule has 1 atom stereocenters. The molecule has 0 amide bonds. The summed E-state index contributed by atoms with van der Waals surface area (Å²) in [7, 11) is -3.14. The van der Waals surface area contributed by atoms with Gasteiger partial charge in [-0.25, -0.2) is 13.1 Å². The lowest BCUT2D eigenvalue weighted by molar-refractivity contribution is 0.429. The highest BCUT2D eigenvalue weighted by Gasteiger charge is 2.26. The van der Waals surface area contributed by atoms with Gasteiger partial charge in [-0.15, -0.1) is 0 Å². The fourth-order valence-electron chi connectivity index (χ4n) is 2.87. The van der Waals surface area contributed by atoms with E-state index in [1.54, 1.807) is 0 Å². The lowest BCUT2D eigenvalue weighted by Crippen LogP contribution is -2.30. The molecule has 5 heteroatoms. The summed E-state index contributed by atoms with van der Waals surface area (Å²) < 4.78 is 25.3. The minimum absolute atomic E-state index is 0.245. The van der Waals surface area contributed by atoms with Crippen LogP contribution < -0.4 is 4.72 Å². The zero-order chi connectivity index (χ0) is 13.9. The van der Waals surface area contributed by atoms with Crippen molar-refractivity contribution < 1.29 is 8.42 Å². The van der Waals surface area contributed by atoms with E-state index in [1.807, 2.05) is 24.3 Å². The SMILES string of the molecule is CS(=O)(=O)NCC(c1ccc(Cl)cc1)C1CCCC1. The average molecular weight is 302 g/mol. The monoisotopic (exact) mass is 301 g/mol. The average Bonchev–Trinajstić information content (AvgIpc) is 2.84. The van der Waals surface area contributed by atoms with E-state index in [9.17, 15) is 8.42 Å². The van der Waals surface area contributed by atoms with Gasteiger partial charge in [0, 0.05) is 17.5 Å². The van der Waals surface area contributed by atoms with Crippen LogP contribution in [-0.2, 0) is 10.0 Å². The zero-order valence-electron chi connectivity index (χ0n) is 11.1. The zero-order valence-corrected chi connectivity index (χ0v) is 12.7. The lowest BCUT2D eigenvalue weighted by Gasteiger charge is -2.24. The highest BCUT2D eigenvalue weighted by atomic mass is 35.5. The van der Waals surface area contributed by atoms with Gasteiger partial charge in [0.1, 0.15) is 0 Å². The molecule has 1 fully saturated rings. The van der Waals surface area contributed by atoms with Gasteiger partial charge in [0.05, 0.1) is 6.26 Å². The molecule has 1 saturated carbocycles. The predicted octanol–water partition coefficient (Wildman–Crippen LogP) is 3.16. The maximum atomic E-state index is 11.3. The Morgan fingerprint density at radius 2 is 1.84 bits per heavy atom. The second kappa shape index (κ2) is 6.25. The van der Waals surface area contributed by atoms with E-state index in [4.69, 9.17) is 11.6 Å². The summed E-state index contributed by atoms with van der Waals surface area (Å²) in [6.07, 6.45) is 6.05. The van der Waals surface area contributed by atoms with E-state index in [0.717, 1.165) is 0 Å². The first-order valence-corrected chi connectivity index (χ1v) is 8.93. The van der Waals surface area contributed by atoms with Gasteiger partial charge in [0.15, 0.2) is 0 Å². The van der Waals surface area contributed by atoms with Gasteiger partial charge in [0.2, 0.25) is 10.0 Å². The van der Waals surface area contributed by atoms with Crippen LogP contribution in [0.4, 0.5) is 0 Å². The standard InChI is InChI=1S/C14H20ClNO2S/c1-19(17,18)16-10-14(11-4-2-3-5-11)12-6-8-13(15)9-7-12/h6-9,11,14,16H,2-5,10H2,1H3. The van der Waals surface area contributed by atoms with Crippen molar-refractivity contribution in [1.29, 1.82) is 0 Å². The molecule has 0 saturated heterocycles. The number of nitrogens with one attached hydrogen (secondary N) is 1. The van der Waals surface area contributed by atoms with Crippen LogP contribution in [0.3, 0.4) is 0 Å².